The van der Waals surface area contributed by atoms with Gasteiger partial charge in [0.05, 0.1) is 26.2 Å². The predicted octanol–water partition coefficient (Wildman–Crippen LogP) is 3.47. The van der Waals surface area contributed by atoms with E-state index < -0.39 is 0 Å². The van der Waals surface area contributed by atoms with Gasteiger partial charge in [-0.05, 0) is 18.1 Å². The van der Waals surface area contributed by atoms with Gasteiger partial charge >= 0.3 is 0 Å². The molecule has 4 rings (SSSR count). The molecule has 2 unspecified atom stereocenters. The van der Waals surface area contributed by atoms with Crippen molar-refractivity contribution in [3.63, 3.8) is 0 Å². The molecule has 2 fully saturated rings. The number of likely N-dealkylation sites (N-methyl/N-ethyl adjacent to an activating group) is 1. The van der Waals surface area contributed by atoms with Crippen LogP contribution in [-0.2, 0) is 11.2 Å². The molecular formula is C19H28NO2+. The maximum atomic E-state index is 6.06. The number of methoxy groups -OCH3 is 2. The third kappa shape index (κ3) is 2.10. The van der Waals surface area contributed by atoms with E-state index >= 15 is 0 Å². The predicted molar refractivity (Wildman–Crippen MR) is 87.1 cm³/mol. The fraction of sp³-hybridized carbons (Fsp3) is 0.684. The molecule has 2 saturated carbocycles. The topological polar surface area (TPSA) is 18.5 Å². The molecule has 0 amide bonds. The van der Waals surface area contributed by atoms with Crippen LogP contribution in [0, 0.1) is 0 Å². The lowest BCUT2D eigenvalue weighted by Gasteiger charge is -2.48. The summed E-state index contributed by atoms with van der Waals surface area (Å²) in [6.07, 6.45) is 8.18. The molecule has 120 valence electrons. The Hall–Kier alpha value is -1.06. The van der Waals surface area contributed by atoms with Crippen LogP contribution in [0.1, 0.15) is 49.3 Å². The molecule has 3 nitrogen and oxygen atoms in total. The third-order valence-corrected chi connectivity index (χ3v) is 6.37. The van der Waals surface area contributed by atoms with Crippen LogP contribution in [0.25, 0.3) is 0 Å². The summed E-state index contributed by atoms with van der Waals surface area (Å²) in [7, 11) is 6.17. The summed E-state index contributed by atoms with van der Waals surface area (Å²) in [5.74, 6) is 1.03. The lowest BCUT2D eigenvalue weighted by Crippen LogP contribution is -2.59. The van der Waals surface area contributed by atoms with Gasteiger partial charge in [-0.1, -0.05) is 12.1 Å². The van der Waals surface area contributed by atoms with Crippen LogP contribution in [0.2, 0.25) is 0 Å². The minimum absolute atomic E-state index is 0.213. The van der Waals surface area contributed by atoms with Gasteiger partial charge in [-0.2, -0.15) is 0 Å². The van der Waals surface area contributed by atoms with Crippen LogP contribution in [0.4, 0.5) is 0 Å². The Morgan fingerprint density at radius 3 is 2.23 bits per heavy atom. The van der Waals surface area contributed by atoms with Gasteiger partial charge in [0.25, 0.3) is 0 Å². The van der Waals surface area contributed by atoms with Gasteiger partial charge in [0, 0.05) is 44.8 Å². The average molecular weight is 302 g/mol. The van der Waals surface area contributed by atoms with Gasteiger partial charge < -0.3 is 14.0 Å². The van der Waals surface area contributed by atoms with Crippen LogP contribution in [-0.4, -0.2) is 43.9 Å². The highest BCUT2D eigenvalue weighted by Crippen LogP contribution is 2.51. The summed E-state index contributed by atoms with van der Waals surface area (Å²) in [5, 5.41) is 0. The standard InChI is InChI=1S/C19H28NO2/c1-20(13-7-8-13,14-9-10-14)17-12-11-15-16(19(17)22-3)5-4-6-18(15)21-2/h4-6,13-14,17,19H,7-12H2,1-3H3/q+1. The molecule has 0 aromatic heterocycles. The summed E-state index contributed by atoms with van der Waals surface area (Å²) in [5.41, 5.74) is 2.73. The summed E-state index contributed by atoms with van der Waals surface area (Å²) < 4.78 is 12.9. The van der Waals surface area contributed by atoms with Crippen LogP contribution in [0.3, 0.4) is 0 Å². The number of ether oxygens (including phenoxy) is 2. The molecule has 2 atom stereocenters. The fourth-order valence-electron chi connectivity index (χ4n) is 4.91. The van der Waals surface area contributed by atoms with Crippen LogP contribution < -0.4 is 4.74 Å². The summed E-state index contributed by atoms with van der Waals surface area (Å²) in [6, 6.07) is 8.81. The number of benzene rings is 1. The fourth-order valence-corrected chi connectivity index (χ4v) is 4.91. The van der Waals surface area contributed by atoms with Gasteiger partial charge in [-0.15, -0.1) is 0 Å². The Balaban J connectivity index is 1.73. The highest BCUT2D eigenvalue weighted by molar-refractivity contribution is 5.43. The van der Waals surface area contributed by atoms with Crippen LogP contribution in [0.5, 0.6) is 5.75 Å². The highest BCUT2D eigenvalue weighted by atomic mass is 16.5. The van der Waals surface area contributed by atoms with E-state index in [0.717, 1.165) is 24.3 Å². The highest BCUT2D eigenvalue weighted by Gasteiger charge is 2.58. The van der Waals surface area contributed by atoms with Crippen LogP contribution in [0.15, 0.2) is 18.2 Å². The average Bonchev–Trinajstić information content (AvgIpc) is 3.42. The van der Waals surface area contributed by atoms with E-state index in [0.29, 0.717) is 6.04 Å². The van der Waals surface area contributed by atoms with E-state index in [4.69, 9.17) is 9.47 Å². The molecule has 0 radical (unpaired) electrons. The SMILES string of the molecule is COc1cccc2c1CCC([N+](C)(C1CC1)C1CC1)C2OC. The molecule has 1 aromatic carbocycles. The molecule has 0 aliphatic heterocycles. The van der Waals surface area contributed by atoms with E-state index in [9.17, 15) is 0 Å². The molecule has 0 bridgehead atoms. The van der Waals surface area contributed by atoms with Crippen molar-refractivity contribution < 1.29 is 14.0 Å². The molecule has 0 spiro atoms. The first-order valence-electron chi connectivity index (χ1n) is 8.74. The second-order valence-corrected chi connectivity index (χ2v) is 7.47. The number of nitrogens with zero attached hydrogens (tertiary/aromatic N) is 1. The molecule has 22 heavy (non-hydrogen) atoms. The van der Waals surface area contributed by atoms with E-state index in [1.54, 1.807) is 7.11 Å². The third-order valence-electron chi connectivity index (χ3n) is 6.37. The molecule has 0 N–H and O–H groups in total. The number of fused-ring (bicyclic) bond motifs is 1. The Kier molecular flexibility index (Phi) is 3.46. The van der Waals surface area contributed by atoms with Gasteiger partial charge in [0.15, 0.2) is 0 Å². The van der Waals surface area contributed by atoms with Crippen molar-refractivity contribution in [2.24, 2.45) is 0 Å². The van der Waals surface area contributed by atoms with Crippen molar-refractivity contribution in [3.05, 3.63) is 29.3 Å². The minimum atomic E-state index is 0.213. The van der Waals surface area contributed by atoms with Gasteiger partial charge in [0.1, 0.15) is 17.9 Å². The van der Waals surface area contributed by atoms with Crippen molar-refractivity contribution in [1.82, 2.24) is 0 Å². The molecule has 1 aromatic rings. The van der Waals surface area contributed by atoms with Gasteiger partial charge in [-0.25, -0.2) is 0 Å². The lowest BCUT2D eigenvalue weighted by molar-refractivity contribution is -0.958. The first-order valence-corrected chi connectivity index (χ1v) is 8.74. The molecule has 0 saturated heterocycles. The summed E-state index contributed by atoms with van der Waals surface area (Å²) in [4.78, 5) is 0. The molecule has 3 aliphatic rings. The van der Waals surface area contributed by atoms with Crippen molar-refractivity contribution in [2.45, 2.75) is 62.8 Å². The maximum absolute atomic E-state index is 6.06. The number of quaternary nitrogens is 1. The Morgan fingerprint density at radius 1 is 1.00 bits per heavy atom. The summed E-state index contributed by atoms with van der Waals surface area (Å²) in [6.45, 7) is 0. The van der Waals surface area contributed by atoms with E-state index in [1.807, 2.05) is 7.11 Å². The largest absolute Gasteiger partial charge is 0.496 e. The number of hydrogen-bond donors (Lipinski definition) is 0. The maximum Gasteiger partial charge on any atom is 0.134 e. The molecule has 3 aliphatic carbocycles. The molecule has 3 heteroatoms. The van der Waals surface area contributed by atoms with Crippen molar-refractivity contribution in [3.8, 4) is 5.75 Å². The quantitative estimate of drug-likeness (QED) is 0.775. The van der Waals surface area contributed by atoms with Crippen molar-refractivity contribution >= 4 is 0 Å². The zero-order valence-electron chi connectivity index (χ0n) is 14.0. The van der Waals surface area contributed by atoms with Gasteiger partial charge in [-0.3, -0.25) is 0 Å². The number of rotatable bonds is 5. The first-order chi connectivity index (χ1) is 10.7. The van der Waals surface area contributed by atoms with Crippen molar-refractivity contribution in [2.75, 3.05) is 21.3 Å². The monoisotopic (exact) mass is 302 g/mol. The second kappa shape index (κ2) is 5.24. The smallest absolute Gasteiger partial charge is 0.134 e. The Morgan fingerprint density at radius 2 is 1.68 bits per heavy atom. The Labute approximate surface area is 133 Å². The zero-order valence-corrected chi connectivity index (χ0v) is 14.0. The Bertz CT molecular complexity index is 551. The van der Waals surface area contributed by atoms with Crippen molar-refractivity contribution in [1.29, 1.82) is 0 Å². The lowest BCUT2D eigenvalue weighted by atomic mass is 9.83. The second-order valence-electron chi connectivity index (χ2n) is 7.47. The van der Waals surface area contributed by atoms with Gasteiger partial charge in [0.2, 0.25) is 0 Å². The van der Waals surface area contributed by atoms with E-state index in [1.165, 1.54) is 47.7 Å². The van der Waals surface area contributed by atoms with Crippen LogP contribution >= 0.6 is 0 Å². The molecular weight excluding hydrogens is 274 g/mol. The molecule has 0 heterocycles. The minimum Gasteiger partial charge on any atom is -0.496 e. The van der Waals surface area contributed by atoms with E-state index in [-0.39, 0.29) is 6.10 Å². The number of hydrogen-bond acceptors (Lipinski definition) is 2. The first kappa shape index (κ1) is 14.5. The summed E-state index contributed by atoms with van der Waals surface area (Å²) >= 11 is 0. The normalized spacial score (nSPS) is 28.3. The van der Waals surface area contributed by atoms with E-state index in [2.05, 4.69) is 25.2 Å². The zero-order chi connectivity index (χ0) is 15.3.